The molecule has 0 radical (unpaired) electrons. The minimum absolute atomic E-state index is 0.0900. The second-order valence-electron chi connectivity index (χ2n) is 12.0. The Kier molecular flexibility index (Phi) is 8.87. The van der Waals surface area contributed by atoms with Crippen molar-refractivity contribution in [3.63, 3.8) is 0 Å². The molecule has 5 rings (SSSR count). The first kappa shape index (κ1) is 28.7. The fraction of sp³-hybridized carbons (Fsp3) is 0.457. The van der Waals surface area contributed by atoms with Gasteiger partial charge in [-0.1, -0.05) is 67.1 Å². The van der Waals surface area contributed by atoms with Crippen LogP contribution in [0.5, 0.6) is 5.75 Å². The van der Waals surface area contributed by atoms with E-state index in [1.807, 2.05) is 30.3 Å². The SMILES string of the molecule is COC(=O)C1(Cc2cccc(Cl)c2)CCC2(CC1)c1ccccc1C[C@@H]2C[C@@H](C)COCc1ccc(OC)cc1. The van der Waals surface area contributed by atoms with E-state index >= 15 is 0 Å². The summed E-state index contributed by atoms with van der Waals surface area (Å²) in [5.41, 5.74) is 4.79. The number of halogens is 1. The molecule has 0 aliphatic heterocycles. The van der Waals surface area contributed by atoms with Gasteiger partial charge in [0.25, 0.3) is 0 Å². The fourth-order valence-electron chi connectivity index (χ4n) is 7.39. The van der Waals surface area contributed by atoms with Gasteiger partial charge in [-0.2, -0.15) is 0 Å². The maximum absolute atomic E-state index is 13.3. The molecule has 3 aromatic rings. The minimum atomic E-state index is -0.514. The Morgan fingerprint density at radius 3 is 2.40 bits per heavy atom. The van der Waals surface area contributed by atoms with E-state index in [1.54, 1.807) is 7.11 Å². The van der Waals surface area contributed by atoms with Crippen molar-refractivity contribution in [1.82, 2.24) is 0 Å². The number of hydrogen-bond acceptors (Lipinski definition) is 4. The summed E-state index contributed by atoms with van der Waals surface area (Å²) in [6, 6.07) is 25.0. The molecule has 0 heterocycles. The average Bonchev–Trinajstić information content (AvgIpc) is 3.26. The highest BCUT2D eigenvalue weighted by atomic mass is 35.5. The molecule has 1 spiro atoms. The Bertz CT molecular complexity index is 1290. The molecule has 0 amide bonds. The van der Waals surface area contributed by atoms with Gasteiger partial charge in [-0.25, -0.2) is 0 Å². The first-order valence-corrected chi connectivity index (χ1v) is 14.9. The van der Waals surface area contributed by atoms with Crippen molar-refractivity contribution in [2.24, 2.45) is 17.3 Å². The van der Waals surface area contributed by atoms with Crippen LogP contribution in [0.15, 0.2) is 72.8 Å². The Hall–Kier alpha value is -2.82. The van der Waals surface area contributed by atoms with Gasteiger partial charge >= 0.3 is 5.97 Å². The average molecular weight is 561 g/mol. The fourth-order valence-corrected chi connectivity index (χ4v) is 7.60. The summed E-state index contributed by atoms with van der Waals surface area (Å²) >= 11 is 6.30. The summed E-state index contributed by atoms with van der Waals surface area (Å²) in [6.45, 7) is 3.65. The molecular formula is C35H41ClO4. The topological polar surface area (TPSA) is 44.8 Å². The molecule has 3 aromatic carbocycles. The lowest BCUT2D eigenvalue weighted by molar-refractivity contribution is -0.156. The standard InChI is InChI=1S/C35H41ClO4/c1-25(23-40-24-26-11-13-31(38-2)14-12-26)19-29-21-28-8-4-5-10-32(28)35(29)17-15-34(16-18-35,33(37)39-3)22-27-7-6-9-30(36)20-27/h4-14,20,25,29H,15-19,21-24H2,1-3H3/t25-,29+,34?,35?/m1/s1. The highest BCUT2D eigenvalue weighted by Crippen LogP contribution is 2.58. The summed E-state index contributed by atoms with van der Waals surface area (Å²) in [4.78, 5) is 13.3. The van der Waals surface area contributed by atoms with E-state index in [-0.39, 0.29) is 11.4 Å². The van der Waals surface area contributed by atoms with Crippen molar-refractivity contribution in [3.8, 4) is 5.75 Å². The van der Waals surface area contributed by atoms with Crippen LogP contribution >= 0.6 is 11.6 Å². The van der Waals surface area contributed by atoms with Crippen molar-refractivity contribution in [2.45, 2.75) is 63.9 Å². The van der Waals surface area contributed by atoms with Crippen LogP contribution in [0.1, 0.15) is 61.3 Å². The van der Waals surface area contributed by atoms with Crippen molar-refractivity contribution < 1.29 is 19.0 Å². The maximum Gasteiger partial charge on any atom is 0.312 e. The number of ether oxygens (including phenoxy) is 3. The molecule has 212 valence electrons. The number of rotatable bonds is 10. The van der Waals surface area contributed by atoms with Crippen LogP contribution in [0.4, 0.5) is 0 Å². The van der Waals surface area contributed by atoms with Gasteiger partial charge in [0.2, 0.25) is 0 Å². The highest BCUT2D eigenvalue weighted by Gasteiger charge is 2.54. The smallest absolute Gasteiger partial charge is 0.312 e. The van der Waals surface area contributed by atoms with Crippen LogP contribution in [0.25, 0.3) is 0 Å². The number of esters is 1. The summed E-state index contributed by atoms with van der Waals surface area (Å²) in [5.74, 6) is 1.74. The van der Waals surface area contributed by atoms with Crippen LogP contribution in [-0.4, -0.2) is 26.8 Å². The normalized spacial score (nSPS) is 24.4. The van der Waals surface area contributed by atoms with Crippen molar-refractivity contribution in [1.29, 1.82) is 0 Å². The van der Waals surface area contributed by atoms with Crippen LogP contribution in [0, 0.1) is 17.3 Å². The van der Waals surface area contributed by atoms with E-state index in [0.29, 0.717) is 29.9 Å². The Labute approximate surface area is 244 Å². The summed E-state index contributed by atoms with van der Waals surface area (Å²) in [7, 11) is 3.20. The van der Waals surface area contributed by atoms with E-state index in [9.17, 15) is 4.79 Å². The predicted molar refractivity (Wildman–Crippen MR) is 160 cm³/mol. The van der Waals surface area contributed by atoms with Crippen LogP contribution in [0.2, 0.25) is 5.02 Å². The Morgan fingerprint density at radius 2 is 1.70 bits per heavy atom. The van der Waals surface area contributed by atoms with Crippen molar-refractivity contribution >= 4 is 17.6 Å². The van der Waals surface area contributed by atoms with Gasteiger partial charge in [0, 0.05) is 11.6 Å². The lowest BCUT2D eigenvalue weighted by Gasteiger charge is -2.47. The molecule has 0 bridgehead atoms. The third-order valence-corrected chi connectivity index (χ3v) is 9.70. The zero-order valence-electron chi connectivity index (χ0n) is 24.0. The molecule has 40 heavy (non-hydrogen) atoms. The first-order valence-electron chi connectivity index (χ1n) is 14.5. The Balaban J connectivity index is 1.29. The molecular weight excluding hydrogens is 520 g/mol. The first-order chi connectivity index (χ1) is 19.4. The van der Waals surface area contributed by atoms with E-state index in [0.717, 1.165) is 62.0 Å². The zero-order valence-corrected chi connectivity index (χ0v) is 24.7. The Morgan fingerprint density at radius 1 is 0.950 bits per heavy atom. The highest BCUT2D eigenvalue weighted by molar-refractivity contribution is 6.30. The monoisotopic (exact) mass is 560 g/mol. The summed E-state index contributed by atoms with van der Waals surface area (Å²) < 4.78 is 16.8. The lowest BCUT2D eigenvalue weighted by atomic mass is 9.56. The third kappa shape index (κ3) is 5.94. The molecule has 0 N–H and O–H groups in total. The minimum Gasteiger partial charge on any atom is -0.497 e. The molecule has 0 unspecified atom stereocenters. The van der Waals surface area contributed by atoms with Gasteiger partial charge < -0.3 is 14.2 Å². The molecule has 0 aromatic heterocycles. The number of carbonyl (C=O) groups excluding carboxylic acids is 1. The molecule has 5 heteroatoms. The second kappa shape index (κ2) is 12.4. The van der Waals surface area contributed by atoms with E-state index in [4.69, 9.17) is 25.8 Å². The number of fused-ring (bicyclic) bond motifs is 2. The largest absolute Gasteiger partial charge is 0.497 e. The zero-order chi connectivity index (χ0) is 28.2. The molecule has 0 saturated heterocycles. The van der Waals surface area contributed by atoms with Gasteiger partial charge in [0.15, 0.2) is 0 Å². The molecule has 2 atom stereocenters. The number of hydrogen-bond donors (Lipinski definition) is 0. The molecule has 2 aliphatic rings. The molecule has 1 saturated carbocycles. The van der Waals surface area contributed by atoms with Crippen LogP contribution < -0.4 is 4.74 Å². The molecule has 4 nitrogen and oxygen atoms in total. The van der Waals surface area contributed by atoms with Crippen molar-refractivity contribution in [3.05, 3.63) is 100 Å². The van der Waals surface area contributed by atoms with Gasteiger partial charge in [0.1, 0.15) is 5.75 Å². The quantitative estimate of drug-likeness (QED) is 0.236. The predicted octanol–water partition coefficient (Wildman–Crippen LogP) is 7.98. The lowest BCUT2D eigenvalue weighted by Crippen LogP contribution is -2.45. The van der Waals surface area contributed by atoms with Gasteiger partial charge in [-0.05, 0) is 109 Å². The summed E-state index contributed by atoms with van der Waals surface area (Å²) in [5, 5.41) is 0.706. The van der Waals surface area contributed by atoms with Gasteiger partial charge in [-0.15, -0.1) is 0 Å². The third-order valence-electron chi connectivity index (χ3n) is 9.47. The molecule has 2 aliphatic carbocycles. The van der Waals surface area contributed by atoms with Crippen LogP contribution in [0.3, 0.4) is 0 Å². The van der Waals surface area contributed by atoms with Crippen LogP contribution in [-0.2, 0) is 39.1 Å². The second-order valence-corrected chi connectivity index (χ2v) is 12.4. The maximum atomic E-state index is 13.3. The number of methoxy groups -OCH3 is 2. The summed E-state index contributed by atoms with van der Waals surface area (Å²) in [6.07, 6.45) is 6.49. The van der Waals surface area contributed by atoms with Gasteiger partial charge in [0.05, 0.1) is 26.2 Å². The van der Waals surface area contributed by atoms with E-state index < -0.39 is 5.41 Å². The number of carbonyl (C=O) groups is 1. The van der Waals surface area contributed by atoms with Crippen molar-refractivity contribution in [2.75, 3.05) is 20.8 Å². The number of benzene rings is 3. The molecule has 1 fully saturated rings. The van der Waals surface area contributed by atoms with E-state index in [2.05, 4.69) is 49.4 Å². The van der Waals surface area contributed by atoms with Gasteiger partial charge in [-0.3, -0.25) is 4.79 Å². The van der Waals surface area contributed by atoms with E-state index in [1.165, 1.54) is 18.2 Å².